The fraction of sp³-hybridized carbons (Fsp3) is 0.667. The lowest BCUT2D eigenvalue weighted by Gasteiger charge is -2.28. The second kappa shape index (κ2) is 11.2. The maximum atomic E-state index is 9.40. The normalized spacial score (nSPS) is 21.8. The van der Waals surface area contributed by atoms with Crippen molar-refractivity contribution >= 4 is 35.6 Å². The number of nitrogens with zero attached hydrogens (tertiary/aromatic N) is 2. The van der Waals surface area contributed by atoms with Crippen LogP contribution in [0, 0.1) is 5.41 Å². The van der Waals surface area contributed by atoms with E-state index in [1.807, 2.05) is 0 Å². The Hall–Kier alpha value is -1.06. The number of fused-ring (bicyclic) bond motifs is 1. The van der Waals surface area contributed by atoms with Crippen molar-refractivity contribution in [3.05, 3.63) is 29.3 Å². The summed E-state index contributed by atoms with van der Waals surface area (Å²) in [4.78, 5) is 7.12. The zero-order chi connectivity index (χ0) is 19.1. The summed E-state index contributed by atoms with van der Waals surface area (Å²) in [6.07, 6.45) is 4.12. The second-order valence-corrected chi connectivity index (χ2v) is 7.81. The van der Waals surface area contributed by atoms with E-state index in [0.29, 0.717) is 13.2 Å². The number of aliphatic imine (C=N–C) groups is 1. The van der Waals surface area contributed by atoms with E-state index in [1.165, 1.54) is 23.2 Å². The molecule has 1 saturated heterocycles. The van der Waals surface area contributed by atoms with Gasteiger partial charge in [0.05, 0.1) is 13.2 Å². The lowest BCUT2D eigenvalue weighted by molar-refractivity contribution is 0.127. The van der Waals surface area contributed by atoms with Gasteiger partial charge in [-0.3, -0.25) is 0 Å². The van der Waals surface area contributed by atoms with Crippen molar-refractivity contribution in [2.24, 2.45) is 10.4 Å². The quantitative estimate of drug-likeness (QED) is 0.304. The molecule has 0 aromatic heterocycles. The van der Waals surface area contributed by atoms with Crippen molar-refractivity contribution in [3.63, 3.8) is 0 Å². The van der Waals surface area contributed by atoms with Gasteiger partial charge >= 0.3 is 0 Å². The van der Waals surface area contributed by atoms with Crippen molar-refractivity contribution in [1.82, 2.24) is 10.6 Å². The van der Waals surface area contributed by atoms with Crippen LogP contribution in [0.15, 0.2) is 23.2 Å². The summed E-state index contributed by atoms with van der Waals surface area (Å²) < 4.78 is 5.58. The molecule has 6 nitrogen and oxygen atoms in total. The molecule has 1 unspecified atom stereocenters. The fourth-order valence-electron chi connectivity index (χ4n) is 4.03. The third kappa shape index (κ3) is 5.97. The van der Waals surface area contributed by atoms with Crippen LogP contribution >= 0.6 is 24.0 Å². The largest absolute Gasteiger partial charge is 0.396 e. The molecule has 3 rings (SSSR count). The predicted octanol–water partition coefficient (Wildman–Crippen LogP) is 2.53. The van der Waals surface area contributed by atoms with Crippen LogP contribution in [0.25, 0.3) is 0 Å². The summed E-state index contributed by atoms with van der Waals surface area (Å²) in [5.74, 6) is 0.830. The highest BCUT2D eigenvalue weighted by Gasteiger charge is 2.34. The van der Waals surface area contributed by atoms with Gasteiger partial charge in [-0.15, -0.1) is 24.0 Å². The van der Waals surface area contributed by atoms with E-state index in [2.05, 4.69) is 47.7 Å². The number of anilines is 1. The molecule has 2 aliphatic heterocycles. The number of halogens is 1. The monoisotopic (exact) mass is 502 g/mol. The number of aliphatic hydroxyl groups is 1. The number of hydrogen-bond acceptors (Lipinski definition) is 4. The van der Waals surface area contributed by atoms with Gasteiger partial charge in [-0.2, -0.15) is 0 Å². The smallest absolute Gasteiger partial charge is 0.191 e. The zero-order valence-corrected chi connectivity index (χ0v) is 19.5. The molecule has 2 aliphatic rings. The number of hydrogen-bond donors (Lipinski definition) is 3. The summed E-state index contributed by atoms with van der Waals surface area (Å²) in [7, 11) is 2.16. The molecule has 3 N–H and O–H groups in total. The first-order chi connectivity index (χ1) is 13.2. The molecule has 0 radical (unpaired) electrons. The van der Waals surface area contributed by atoms with Crippen molar-refractivity contribution < 1.29 is 9.84 Å². The van der Waals surface area contributed by atoms with Crippen LogP contribution in [0.1, 0.15) is 37.3 Å². The first-order valence-electron chi connectivity index (χ1n) is 10.2. The summed E-state index contributed by atoms with van der Waals surface area (Å²) in [5.41, 5.74) is 4.04. The Labute approximate surface area is 186 Å². The Kier molecular flexibility index (Phi) is 9.30. The minimum absolute atomic E-state index is 0. The Morgan fingerprint density at radius 1 is 1.36 bits per heavy atom. The summed E-state index contributed by atoms with van der Waals surface area (Å²) >= 11 is 0. The van der Waals surface area contributed by atoms with Gasteiger partial charge in [-0.1, -0.05) is 12.1 Å². The molecule has 0 bridgehead atoms. The Morgan fingerprint density at radius 3 is 2.93 bits per heavy atom. The molecule has 0 amide bonds. The van der Waals surface area contributed by atoms with E-state index in [9.17, 15) is 5.11 Å². The molecular formula is C21H35IN4O2. The number of guanidine groups is 1. The topological polar surface area (TPSA) is 69.1 Å². The van der Waals surface area contributed by atoms with Gasteiger partial charge in [-0.25, -0.2) is 4.99 Å². The molecule has 0 aliphatic carbocycles. The van der Waals surface area contributed by atoms with Crippen LogP contribution in [0.2, 0.25) is 0 Å². The number of aryl methyl sites for hydroxylation is 1. The molecule has 1 aromatic carbocycles. The number of aliphatic hydroxyl groups excluding tert-OH is 1. The molecule has 7 heteroatoms. The van der Waals surface area contributed by atoms with Crippen LogP contribution in [0.4, 0.5) is 5.69 Å². The lowest BCUT2D eigenvalue weighted by atomic mass is 9.84. The standard InChI is InChI=1S/C21H34N4O2.HI/c1-3-22-20(24-15-21(8-11-26)9-12-27-16-21)23-14-17-6-7-19-18(13-17)5-4-10-25(19)2;/h6-7,13,26H,3-5,8-12,14-16H2,1-2H3,(H2,22,23,24);1H. The number of rotatable bonds is 7. The molecular weight excluding hydrogens is 467 g/mol. The molecule has 1 fully saturated rings. The van der Waals surface area contributed by atoms with Gasteiger partial charge < -0.3 is 25.4 Å². The van der Waals surface area contributed by atoms with Crippen molar-refractivity contribution in [2.45, 2.75) is 39.2 Å². The van der Waals surface area contributed by atoms with E-state index in [1.54, 1.807) is 0 Å². The highest BCUT2D eigenvalue weighted by molar-refractivity contribution is 14.0. The summed E-state index contributed by atoms with van der Waals surface area (Å²) in [6.45, 7) is 7.15. The highest BCUT2D eigenvalue weighted by Crippen LogP contribution is 2.31. The van der Waals surface area contributed by atoms with E-state index in [0.717, 1.165) is 51.5 Å². The third-order valence-electron chi connectivity index (χ3n) is 5.72. The van der Waals surface area contributed by atoms with Crippen LogP contribution in [-0.2, 0) is 17.7 Å². The minimum atomic E-state index is 0. The zero-order valence-electron chi connectivity index (χ0n) is 17.2. The second-order valence-electron chi connectivity index (χ2n) is 7.81. The third-order valence-corrected chi connectivity index (χ3v) is 5.72. The Morgan fingerprint density at radius 2 is 2.21 bits per heavy atom. The minimum Gasteiger partial charge on any atom is -0.396 e. The van der Waals surface area contributed by atoms with Crippen LogP contribution < -0.4 is 15.5 Å². The maximum Gasteiger partial charge on any atom is 0.191 e. The van der Waals surface area contributed by atoms with Gasteiger partial charge in [0.15, 0.2) is 5.96 Å². The molecule has 158 valence electrons. The SMILES string of the molecule is CCNC(=NCc1ccc2c(c1)CCCN2C)NCC1(CCO)CCOC1.I. The van der Waals surface area contributed by atoms with Crippen molar-refractivity contribution in [2.75, 3.05) is 51.4 Å². The van der Waals surface area contributed by atoms with Crippen LogP contribution in [-0.4, -0.2) is 57.6 Å². The Bertz CT molecular complexity index is 647. The van der Waals surface area contributed by atoms with Gasteiger partial charge in [0.1, 0.15) is 0 Å². The fourth-order valence-corrected chi connectivity index (χ4v) is 4.03. The van der Waals surface area contributed by atoms with Crippen molar-refractivity contribution in [3.8, 4) is 0 Å². The van der Waals surface area contributed by atoms with Crippen LogP contribution in [0.3, 0.4) is 0 Å². The Balaban J connectivity index is 0.00000280. The molecule has 2 heterocycles. The predicted molar refractivity (Wildman–Crippen MR) is 126 cm³/mol. The van der Waals surface area contributed by atoms with E-state index in [-0.39, 0.29) is 36.0 Å². The van der Waals surface area contributed by atoms with Gasteiger partial charge in [0.25, 0.3) is 0 Å². The van der Waals surface area contributed by atoms with Crippen molar-refractivity contribution in [1.29, 1.82) is 0 Å². The highest BCUT2D eigenvalue weighted by atomic mass is 127. The van der Waals surface area contributed by atoms with E-state index < -0.39 is 0 Å². The number of nitrogens with one attached hydrogen (secondary N) is 2. The number of benzene rings is 1. The van der Waals surface area contributed by atoms with E-state index >= 15 is 0 Å². The first-order valence-corrected chi connectivity index (χ1v) is 10.2. The average molecular weight is 502 g/mol. The molecule has 28 heavy (non-hydrogen) atoms. The molecule has 1 atom stereocenters. The lowest BCUT2D eigenvalue weighted by Crippen LogP contribution is -2.44. The average Bonchev–Trinajstić information content (AvgIpc) is 3.13. The van der Waals surface area contributed by atoms with Crippen LogP contribution in [0.5, 0.6) is 0 Å². The summed E-state index contributed by atoms with van der Waals surface area (Å²) in [5, 5.41) is 16.2. The molecule has 0 spiro atoms. The molecule has 1 aromatic rings. The maximum absolute atomic E-state index is 9.40. The van der Waals surface area contributed by atoms with Gasteiger partial charge in [-0.05, 0) is 49.8 Å². The van der Waals surface area contributed by atoms with Gasteiger partial charge in [0.2, 0.25) is 0 Å². The summed E-state index contributed by atoms with van der Waals surface area (Å²) in [6, 6.07) is 6.72. The van der Waals surface area contributed by atoms with Gasteiger partial charge in [0, 0.05) is 51.0 Å². The number of ether oxygens (including phenoxy) is 1. The molecule has 0 saturated carbocycles. The van der Waals surface area contributed by atoms with E-state index in [4.69, 9.17) is 9.73 Å². The first kappa shape index (κ1) is 23.2.